The van der Waals surface area contributed by atoms with Gasteiger partial charge in [0, 0.05) is 37.2 Å². The van der Waals surface area contributed by atoms with Gasteiger partial charge in [-0.3, -0.25) is 0 Å². The normalized spacial score (nSPS) is 11.5. The largest absolute Gasteiger partial charge is 0.310 e. The molecule has 1 heterocycles. The van der Waals surface area contributed by atoms with Crippen LogP contribution >= 0.6 is 11.3 Å². The third kappa shape index (κ3) is 5.57. The van der Waals surface area contributed by atoms with E-state index in [1.54, 1.807) is 0 Å². The van der Waals surface area contributed by atoms with Crippen molar-refractivity contribution in [2.75, 3.05) is 4.90 Å². The fourth-order valence-corrected chi connectivity index (χ4v) is 13.6. The van der Waals surface area contributed by atoms with Crippen LogP contribution < -0.4 is 25.6 Å². The van der Waals surface area contributed by atoms with E-state index in [-0.39, 0.29) is 0 Å². The van der Waals surface area contributed by atoms with Crippen LogP contribution in [0.5, 0.6) is 0 Å². The topological polar surface area (TPSA) is 3.24 Å². The molecule has 0 atom stereocenters. The highest BCUT2D eigenvalue weighted by Gasteiger charge is 2.41. The molecular formula is C48H35NSSi. The Hall–Kier alpha value is -6.00. The number of hydrogen-bond donors (Lipinski definition) is 0. The molecule has 0 saturated carbocycles. The minimum atomic E-state index is -2.62. The van der Waals surface area contributed by atoms with E-state index in [0.717, 1.165) is 17.1 Å². The first-order chi connectivity index (χ1) is 25.3. The average Bonchev–Trinajstić information content (AvgIpc) is 3.58. The lowest BCUT2D eigenvalue weighted by Crippen LogP contribution is -2.74. The maximum absolute atomic E-state index is 2.62. The first-order valence-corrected chi connectivity index (χ1v) is 20.2. The molecular weight excluding hydrogens is 651 g/mol. The number of hydrogen-bond acceptors (Lipinski definition) is 2. The van der Waals surface area contributed by atoms with Crippen LogP contribution in [0.3, 0.4) is 0 Å². The number of thiophene rings is 1. The molecule has 9 rings (SSSR count). The fraction of sp³-hybridized carbons (Fsp3) is 0. The van der Waals surface area contributed by atoms with Gasteiger partial charge >= 0.3 is 0 Å². The summed E-state index contributed by atoms with van der Waals surface area (Å²) < 4.78 is 2.59. The number of fused-ring (bicyclic) bond motifs is 3. The van der Waals surface area contributed by atoms with E-state index in [4.69, 9.17) is 0 Å². The van der Waals surface area contributed by atoms with Gasteiger partial charge < -0.3 is 4.90 Å². The van der Waals surface area contributed by atoms with E-state index in [9.17, 15) is 0 Å². The van der Waals surface area contributed by atoms with Crippen LogP contribution in [0.15, 0.2) is 212 Å². The molecule has 0 aliphatic carbocycles. The molecule has 0 saturated heterocycles. The summed E-state index contributed by atoms with van der Waals surface area (Å²) in [5.74, 6) is 0. The molecule has 0 bridgehead atoms. The van der Waals surface area contributed by atoms with Crippen molar-refractivity contribution in [1.29, 1.82) is 0 Å². The monoisotopic (exact) mass is 685 g/mol. The van der Waals surface area contributed by atoms with Gasteiger partial charge in [0.25, 0.3) is 0 Å². The predicted molar refractivity (Wildman–Crippen MR) is 223 cm³/mol. The molecule has 0 aliphatic heterocycles. The number of para-hydroxylation sites is 1. The van der Waals surface area contributed by atoms with Crippen molar-refractivity contribution < 1.29 is 0 Å². The van der Waals surface area contributed by atoms with Gasteiger partial charge in [0.2, 0.25) is 0 Å². The second-order valence-corrected chi connectivity index (χ2v) is 17.8. The minimum absolute atomic E-state index is 1.13. The van der Waals surface area contributed by atoms with Gasteiger partial charge in [-0.2, -0.15) is 0 Å². The van der Waals surface area contributed by atoms with Crippen LogP contribution in [0.1, 0.15) is 0 Å². The predicted octanol–water partition coefficient (Wildman–Crippen LogP) is 10.6. The summed E-state index contributed by atoms with van der Waals surface area (Å²) in [5, 5.41) is 8.09. The molecule has 242 valence electrons. The lowest BCUT2D eigenvalue weighted by atomic mass is 10.0. The molecule has 0 radical (unpaired) electrons. The minimum Gasteiger partial charge on any atom is -0.310 e. The number of nitrogens with zero attached hydrogens (tertiary/aromatic N) is 1. The Labute approximate surface area is 304 Å². The van der Waals surface area contributed by atoms with Crippen LogP contribution in [0.4, 0.5) is 17.1 Å². The fourth-order valence-electron chi connectivity index (χ4n) is 7.66. The second kappa shape index (κ2) is 13.4. The van der Waals surface area contributed by atoms with Crippen molar-refractivity contribution in [3.63, 3.8) is 0 Å². The van der Waals surface area contributed by atoms with Gasteiger partial charge in [-0.1, -0.05) is 170 Å². The van der Waals surface area contributed by atoms with Crippen molar-refractivity contribution >= 4 is 77.4 Å². The lowest BCUT2D eigenvalue weighted by Gasteiger charge is -2.35. The highest BCUT2D eigenvalue weighted by atomic mass is 32.1. The SMILES string of the molecule is c1ccc(-c2ccc3c(c2)sc2cc(N(c4ccccc4)c4ccc([Si](c5ccccc5)(c5ccccc5)c5ccccc5)cc4)ccc23)cc1. The zero-order chi connectivity index (χ0) is 34.0. The van der Waals surface area contributed by atoms with Gasteiger partial charge in [-0.25, -0.2) is 0 Å². The van der Waals surface area contributed by atoms with Crippen LogP contribution in [0.25, 0.3) is 31.3 Å². The molecule has 1 aromatic heterocycles. The Bertz CT molecular complexity index is 2450. The lowest BCUT2D eigenvalue weighted by molar-refractivity contribution is 1.29. The molecule has 0 N–H and O–H groups in total. The molecule has 0 fully saturated rings. The molecule has 0 spiro atoms. The molecule has 3 heteroatoms. The smallest absolute Gasteiger partial charge is 0.179 e. The van der Waals surface area contributed by atoms with Gasteiger partial charge in [-0.15, -0.1) is 11.3 Å². The Balaban J connectivity index is 1.18. The van der Waals surface area contributed by atoms with Crippen molar-refractivity contribution in [3.05, 3.63) is 212 Å². The van der Waals surface area contributed by atoms with E-state index in [0.29, 0.717) is 0 Å². The molecule has 0 aliphatic rings. The van der Waals surface area contributed by atoms with Crippen molar-refractivity contribution in [1.82, 2.24) is 0 Å². The summed E-state index contributed by atoms with van der Waals surface area (Å²) in [6.07, 6.45) is 0. The summed E-state index contributed by atoms with van der Waals surface area (Å²) >= 11 is 1.87. The summed E-state index contributed by atoms with van der Waals surface area (Å²) in [6, 6.07) is 78.0. The summed E-state index contributed by atoms with van der Waals surface area (Å²) in [7, 11) is -2.62. The van der Waals surface area contributed by atoms with Crippen LogP contribution in [0, 0.1) is 0 Å². The maximum Gasteiger partial charge on any atom is 0.179 e. The van der Waals surface area contributed by atoms with Crippen LogP contribution in [0.2, 0.25) is 0 Å². The van der Waals surface area contributed by atoms with Gasteiger partial charge in [0.15, 0.2) is 8.07 Å². The summed E-state index contributed by atoms with van der Waals surface area (Å²) in [5.41, 5.74) is 5.91. The summed E-state index contributed by atoms with van der Waals surface area (Å²) in [4.78, 5) is 2.39. The quantitative estimate of drug-likeness (QED) is 0.114. The third-order valence-corrected chi connectivity index (χ3v) is 15.9. The van der Waals surface area contributed by atoms with Crippen molar-refractivity contribution in [2.24, 2.45) is 0 Å². The van der Waals surface area contributed by atoms with Crippen LogP contribution in [-0.2, 0) is 0 Å². The Kier molecular flexibility index (Phi) is 8.13. The number of benzene rings is 8. The van der Waals surface area contributed by atoms with Gasteiger partial charge in [-0.05, 0) is 74.3 Å². The van der Waals surface area contributed by atoms with Gasteiger partial charge in [0.05, 0.1) is 0 Å². The highest BCUT2D eigenvalue weighted by Crippen LogP contribution is 2.41. The van der Waals surface area contributed by atoms with Crippen LogP contribution in [-0.4, -0.2) is 8.07 Å². The zero-order valence-corrected chi connectivity index (χ0v) is 29.9. The highest BCUT2D eigenvalue weighted by molar-refractivity contribution is 7.26. The standard InChI is InChI=1S/C48H35NSSi/c1-6-16-36(17-7-1)37-26-32-45-46-33-29-40(35-48(46)50-47(45)34-37)49(38-18-8-2-9-19-38)39-27-30-44(31-28-39)51(41-20-10-3-11-21-41,42-22-12-4-13-23-42)43-24-14-5-15-25-43/h1-35H. The van der Waals surface area contributed by atoms with Crippen molar-refractivity contribution in [3.8, 4) is 11.1 Å². The Morgan fingerprint density at radius 2 is 0.725 bits per heavy atom. The molecule has 8 aromatic carbocycles. The van der Waals surface area contributed by atoms with E-state index >= 15 is 0 Å². The second-order valence-electron chi connectivity index (χ2n) is 12.9. The third-order valence-electron chi connectivity index (χ3n) is 10.0. The zero-order valence-electron chi connectivity index (χ0n) is 28.1. The molecule has 0 unspecified atom stereocenters. The van der Waals surface area contributed by atoms with E-state index < -0.39 is 8.07 Å². The first kappa shape index (κ1) is 31.0. The van der Waals surface area contributed by atoms with E-state index in [2.05, 4.69) is 217 Å². The van der Waals surface area contributed by atoms with E-state index in [1.165, 1.54) is 52.0 Å². The molecule has 51 heavy (non-hydrogen) atoms. The Morgan fingerprint density at radius 1 is 0.314 bits per heavy atom. The summed E-state index contributed by atoms with van der Waals surface area (Å²) in [6.45, 7) is 0. The number of rotatable bonds is 8. The first-order valence-electron chi connectivity index (χ1n) is 17.4. The maximum atomic E-state index is 2.39. The van der Waals surface area contributed by atoms with Gasteiger partial charge in [0.1, 0.15) is 0 Å². The molecule has 0 amide bonds. The molecule has 1 nitrogen and oxygen atoms in total. The average molecular weight is 686 g/mol. The van der Waals surface area contributed by atoms with Crippen molar-refractivity contribution in [2.45, 2.75) is 0 Å². The number of anilines is 3. The Morgan fingerprint density at radius 3 is 1.27 bits per heavy atom. The van der Waals surface area contributed by atoms with E-state index in [1.807, 2.05) is 11.3 Å². The molecule has 9 aromatic rings.